The van der Waals surface area contributed by atoms with Gasteiger partial charge in [0.2, 0.25) is 5.96 Å². The summed E-state index contributed by atoms with van der Waals surface area (Å²) in [4.78, 5) is 34.1. The van der Waals surface area contributed by atoms with Crippen molar-refractivity contribution in [3.05, 3.63) is 31.3 Å². The summed E-state index contributed by atoms with van der Waals surface area (Å²) in [5.41, 5.74) is 0.454. The molecule has 9 nitrogen and oxygen atoms in total. The van der Waals surface area contributed by atoms with E-state index in [-0.39, 0.29) is 17.3 Å². The SMILES string of the molecule is COCCn1c(=O)n(C2CC2)c(=O)c2c(C)c(CN3CCN=C3NC#N)sc21. The molecule has 1 fully saturated rings. The highest BCUT2D eigenvalue weighted by molar-refractivity contribution is 7.18. The first kappa shape index (κ1) is 18.7. The zero-order valence-electron chi connectivity index (χ0n) is 15.9. The number of fused-ring (bicyclic) bond motifs is 1. The maximum Gasteiger partial charge on any atom is 0.332 e. The van der Waals surface area contributed by atoms with E-state index in [1.165, 1.54) is 15.9 Å². The summed E-state index contributed by atoms with van der Waals surface area (Å²) in [6.07, 6.45) is 3.65. The van der Waals surface area contributed by atoms with Gasteiger partial charge in [0.25, 0.3) is 5.56 Å². The highest BCUT2D eigenvalue weighted by Crippen LogP contribution is 2.34. The third kappa shape index (κ3) is 3.10. The van der Waals surface area contributed by atoms with Crippen molar-refractivity contribution in [3.63, 3.8) is 0 Å². The molecule has 0 saturated heterocycles. The molecule has 3 heterocycles. The molecule has 0 radical (unpaired) electrons. The first-order chi connectivity index (χ1) is 13.6. The summed E-state index contributed by atoms with van der Waals surface area (Å²) in [7, 11) is 1.60. The van der Waals surface area contributed by atoms with Gasteiger partial charge in [0.1, 0.15) is 4.83 Å². The number of aliphatic imine (C=N–C) groups is 1. The Morgan fingerprint density at radius 3 is 2.86 bits per heavy atom. The number of thiophene rings is 1. The van der Waals surface area contributed by atoms with E-state index in [0.717, 1.165) is 23.3 Å². The van der Waals surface area contributed by atoms with E-state index in [1.807, 2.05) is 18.0 Å². The Bertz CT molecular complexity index is 1100. The number of hydrogen-bond acceptors (Lipinski definition) is 8. The van der Waals surface area contributed by atoms with Gasteiger partial charge in [0, 0.05) is 24.6 Å². The number of rotatable bonds is 6. The second kappa shape index (κ2) is 7.41. The van der Waals surface area contributed by atoms with Gasteiger partial charge in [0.15, 0.2) is 6.19 Å². The van der Waals surface area contributed by atoms with Gasteiger partial charge < -0.3 is 9.64 Å². The van der Waals surface area contributed by atoms with Crippen LogP contribution in [0, 0.1) is 18.4 Å². The molecule has 1 aliphatic carbocycles. The first-order valence-corrected chi connectivity index (χ1v) is 10.1. The molecule has 148 valence electrons. The molecule has 1 aliphatic heterocycles. The van der Waals surface area contributed by atoms with Crippen LogP contribution in [-0.4, -0.2) is 46.8 Å². The summed E-state index contributed by atoms with van der Waals surface area (Å²) in [6, 6.07) is 0.0121. The van der Waals surface area contributed by atoms with Crippen LogP contribution >= 0.6 is 11.3 Å². The summed E-state index contributed by atoms with van der Waals surface area (Å²) < 4.78 is 8.27. The lowest BCUT2D eigenvalue weighted by molar-refractivity contribution is 0.186. The van der Waals surface area contributed by atoms with Gasteiger partial charge in [-0.3, -0.25) is 24.2 Å². The average molecular weight is 402 g/mol. The second-order valence-electron chi connectivity index (χ2n) is 7.03. The van der Waals surface area contributed by atoms with Gasteiger partial charge in [-0.05, 0) is 25.3 Å². The average Bonchev–Trinajstić information content (AvgIpc) is 3.32. The molecule has 1 N–H and O–H groups in total. The Labute approximate surface area is 165 Å². The number of ether oxygens (including phenoxy) is 1. The van der Waals surface area contributed by atoms with Gasteiger partial charge in [-0.25, -0.2) is 4.79 Å². The van der Waals surface area contributed by atoms with Crippen molar-refractivity contribution >= 4 is 27.5 Å². The lowest BCUT2D eigenvalue weighted by Crippen LogP contribution is -2.39. The number of hydrogen-bond donors (Lipinski definition) is 1. The highest BCUT2D eigenvalue weighted by Gasteiger charge is 2.30. The quantitative estimate of drug-likeness (QED) is 0.565. The standard InChI is InChI=1S/C18H22N6O3S/c1-11-13(9-22-6-5-20-17(22)21-10-19)28-16-14(11)15(25)24(12-3-4-12)18(26)23(16)7-8-27-2/h12H,3-9H2,1-2H3,(H,20,21). The van der Waals surface area contributed by atoms with Crippen LogP contribution in [0.1, 0.15) is 29.3 Å². The smallest absolute Gasteiger partial charge is 0.332 e. The molecule has 0 atom stereocenters. The number of methoxy groups -OCH3 is 1. The van der Waals surface area contributed by atoms with Crippen LogP contribution in [0.4, 0.5) is 0 Å². The largest absolute Gasteiger partial charge is 0.383 e. The third-order valence-corrected chi connectivity index (χ3v) is 6.51. The van der Waals surface area contributed by atoms with E-state index in [0.29, 0.717) is 49.0 Å². The maximum atomic E-state index is 13.1. The molecule has 0 bridgehead atoms. The fourth-order valence-corrected chi connectivity index (χ4v) is 4.90. The third-order valence-electron chi connectivity index (χ3n) is 5.21. The predicted molar refractivity (Wildman–Crippen MR) is 107 cm³/mol. The van der Waals surface area contributed by atoms with E-state index >= 15 is 0 Å². The molecule has 28 heavy (non-hydrogen) atoms. The Hall–Kier alpha value is -2.64. The van der Waals surface area contributed by atoms with Crippen molar-refractivity contribution in [1.82, 2.24) is 19.4 Å². The van der Waals surface area contributed by atoms with E-state index in [9.17, 15) is 9.59 Å². The maximum absolute atomic E-state index is 13.1. The lowest BCUT2D eigenvalue weighted by Gasteiger charge is -2.18. The number of nitriles is 1. The van der Waals surface area contributed by atoms with Crippen LogP contribution in [-0.2, 0) is 17.8 Å². The zero-order valence-corrected chi connectivity index (χ0v) is 16.7. The number of aryl methyl sites for hydroxylation is 1. The summed E-state index contributed by atoms with van der Waals surface area (Å²) in [5.74, 6) is 0.548. The van der Waals surface area contributed by atoms with Crippen LogP contribution < -0.4 is 16.6 Å². The van der Waals surface area contributed by atoms with E-state index in [2.05, 4.69) is 10.3 Å². The number of nitrogens with zero attached hydrogens (tertiary/aromatic N) is 5. The van der Waals surface area contributed by atoms with Crippen LogP contribution in [0.3, 0.4) is 0 Å². The summed E-state index contributed by atoms with van der Waals surface area (Å²) in [5, 5.41) is 12.1. The molecule has 2 aromatic rings. The molecule has 2 aliphatic rings. The highest BCUT2D eigenvalue weighted by atomic mass is 32.1. The Balaban J connectivity index is 1.82. The lowest BCUT2D eigenvalue weighted by atomic mass is 10.2. The fourth-order valence-electron chi connectivity index (χ4n) is 3.57. The van der Waals surface area contributed by atoms with Crippen LogP contribution in [0.25, 0.3) is 10.2 Å². The Kier molecular flexibility index (Phi) is 4.95. The van der Waals surface area contributed by atoms with Gasteiger partial charge in [-0.1, -0.05) is 0 Å². The van der Waals surface area contributed by atoms with Crippen molar-refractivity contribution in [2.24, 2.45) is 4.99 Å². The van der Waals surface area contributed by atoms with Crippen molar-refractivity contribution in [3.8, 4) is 6.19 Å². The fraction of sp³-hybridized carbons (Fsp3) is 0.556. The van der Waals surface area contributed by atoms with Crippen LogP contribution in [0.5, 0.6) is 0 Å². The number of guanidine groups is 1. The molecule has 4 rings (SSSR count). The van der Waals surface area contributed by atoms with Crippen LogP contribution in [0.2, 0.25) is 0 Å². The minimum absolute atomic E-state index is 0.0121. The van der Waals surface area contributed by atoms with Crippen molar-refractivity contribution in [2.75, 3.05) is 26.8 Å². The van der Waals surface area contributed by atoms with Gasteiger partial charge >= 0.3 is 5.69 Å². The molecule has 10 heteroatoms. The Morgan fingerprint density at radius 1 is 1.39 bits per heavy atom. The second-order valence-corrected chi connectivity index (χ2v) is 8.11. The summed E-state index contributed by atoms with van der Waals surface area (Å²) >= 11 is 1.46. The molecular weight excluding hydrogens is 380 g/mol. The molecule has 0 aromatic carbocycles. The normalized spacial score (nSPS) is 16.5. The molecule has 0 unspecified atom stereocenters. The monoisotopic (exact) mass is 402 g/mol. The molecule has 2 aromatic heterocycles. The Morgan fingerprint density at radius 2 is 2.18 bits per heavy atom. The van der Waals surface area contributed by atoms with Gasteiger partial charge in [-0.2, -0.15) is 5.26 Å². The van der Waals surface area contributed by atoms with E-state index in [1.54, 1.807) is 11.7 Å². The van der Waals surface area contributed by atoms with E-state index < -0.39 is 0 Å². The zero-order chi connectivity index (χ0) is 19.8. The van der Waals surface area contributed by atoms with Crippen molar-refractivity contribution in [1.29, 1.82) is 5.26 Å². The van der Waals surface area contributed by atoms with Gasteiger partial charge in [-0.15, -0.1) is 11.3 Å². The molecule has 0 spiro atoms. The molecular formula is C18H22N6O3S. The minimum atomic E-state index is -0.251. The topological polar surface area (TPSA) is 105 Å². The number of nitrogens with one attached hydrogen (secondary N) is 1. The molecule has 1 saturated carbocycles. The molecule has 0 amide bonds. The first-order valence-electron chi connectivity index (χ1n) is 9.27. The van der Waals surface area contributed by atoms with Gasteiger partial charge in [0.05, 0.1) is 31.6 Å². The summed E-state index contributed by atoms with van der Waals surface area (Å²) in [6.45, 7) is 4.62. The van der Waals surface area contributed by atoms with Crippen molar-refractivity contribution < 1.29 is 4.74 Å². The number of aromatic nitrogens is 2. The minimum Gasteiger partial charge on any atom is -0.383 e. The predicted octanol–water partition coefficient (Wildman–Crippen LogP) is 0.757. The van der Waals surface area contributed by atoms with Crippen LogP contribution in [0.15, 0.2) is 14.6 Å². The van der Waals surface area contributed by atoms with E-state index in [4.69, 9.17) is 10.00 Å². The van der Waals surface area contributed by atoms with Crippen molar-refractivity contribution in [2.45, 2.75) is 38.9 Å².